The number of methoxy groups -OCH3 is 1. The van der Waals surface area contributed by atoms with Gasteiger partial charge in [0.1, 0.15) is 0 Å². The smallest absolute Gasteiger partial charge is 0.188 e. The Morgan fingerprint density at radius 1 is 1.31 bits per heavy atom. The van der Waals surface area contributed by atoms with Gasteiger partial charge in [-0.1, -0.05) is 18.2 Å². The molecule has 1 aromatic heterocycles. The first-order valence-electron chi connectivity index (χ1n) is 4.90. The second-order valence-corrected chi connectivity index (χ2v) is 5.23. The maximum Gasteiger partial charge on any atom is 0.188 e. The third-order valence-corrected chi connectivity index (χ3v) is 4.08. The Bertz CT molecular complexity index is 455. The number of ether oxygens (including phenoxy) is 1. The van der Waals surface area contributed by atoms with Crippen LogP contribution in [0.15, 0.2) is 40.9 Å². The fourth-order valence-corrected chi connectivity index (χ4v) is 3.00. The van der Waals surface area contributed by atoms with E-state index in [9.17, 15) is 0 Å². The van der Waals surface area contributed by atoms with Crippen LogP contribution in [-0.2, 0) is 6.54 Å². The summed E-state index contributed by atoms with van der Waals surface area (Å²) < 4.78 is 6.24. The topological polar surface area (TPSA) is 21.3 Å². The van der Waals surface area contributed by atoms with Gasteiger partial charge in [0.15, 0.2) is 5.06 Å². The lowest BCUT2D eigenvalue weighted by Gasteiger charge is -2.03. The highest BCUT2D eigenvalue weighted by molar-refractivity contribution is 9.10. The summed E-state index contributed by atoms with van der Waals surface area (Å²) in [6, 6.07) is 12.2. The minimum atomic E-state index is 0.816. The normalized spacial score (nSPS) is 10.1. The van der Waals surface area contributed by atoms with Crippen LogP contribution in [0.25, 0.3) is 0 Å². The third-order valence-electron chi connectivity index (χ3n) is 2.13. The molecule has 0 atom stereocenters. The predicted octanol–water partition coefficient (Wildman–Crippen LogP) is 4.13. The quantitative estimate of drug-likeness (QED) is 0.916. The van der Waals surface area contributed by atoms with Crippen molar-refractivity contribution in [3.05, 3.63) is 45.7 Å². The van der Waals surface area contributed by atoms with Crippen molar-refractivity contribution in [1.82, 2.24) is 0 Å². The highest BCUT2D eigenvalue weighted by atomic mass is 79.9. The zero-order valence-electron chi connectivity index (χ0n) is 8.87. The lowest BCUT2D eigenvalue weighted by molar-refractivity contribution is 0.425. The van der Waals surface area contributed by atoms with E-state index in [2.05, 4.69) is 39.4 Å². The number of rotatable bonds is 4. The van der Waals surface area contributed by atoms with Crippen molar-refractivity contribution >= 4 is 33.0 Å². The molecule has 0 unspecified atom stereocenters. The van der Waals surface area contributed by atoms with Gasteiger partial charge in [0.25, 0.3) is 0 Å². The fraction of sp³-hybridized carbons (Fsp3) is 0.167. The molecule has 16 heavy (non-hydrogen) atoms. The van der Waals surface area contributed by atoms with Gasteiger partial charge in [-0.05, 0) is 34.1 Å². The Balaban J connectivity index is 2.00. The van der Waals surface area contributed by atoms with Crippen molar-refractivity contribution < 1.29 is 4.74 Å². The van der Waals surface area contributed by atoms with E-state index in [4.69, 9.17) is 4.74 Å². The molecule has 2 aromatic rings. The number of para-hydroxylation sites is 1. The van der Waals surface area contributed by atoms with Crippen molar-refractivity contribution in [3.63, 3.8) is 0 Å². The zero-order valence-corrected chi connectivity index (χ0v) is 11.3. The van der Waals surface area contributed by atoms with Crippen LogP contribution < -0.4 is 10.1 Å². The van der Waals surface area contributed by atoms with Crippen LogP contribution >= 0.6 is 27.3 Å². The highest BCUT2D eigenvalue weighted by Gasteiger charge is 2.06. The van der Waals surface area contributed by atoms with E-state index in [1.807, 2.05) is 18.2 Å². The molecule has 4 heteroatoms. The molecule has 1 heterocycles. The van der Waals surface area contributed by atoms with E-state index < -0.39 is 0 Å². The van der Waals surface area contributed by atoms with Crippen molar-refractivity contribution in [1.29, 1.82) is 0 Å². The Kier molecular flexibility index (Phi) is 3.85. The molecule has 2 rings (SSSR count). The molecule has 0 saturated carbocycles. The van der Waals surface area contributed by atoms with Gasteiger partial charge >= 0.3 is 0 Å². The summed E-state index contributed by atoms with van der Waals surface area (Å²) in [6.45, 7) is 0.816. The molecule has 84 valence electrons. The summed E-state index contributed by atoms with van der Waals surface area (Å²) in [7, 11) is 1.69. The molecule has 1 N–H and O–H groups in total. The molecule has 0 bridgehead atoms. The maximum absolute atomic E-state index is 5.22. The monoisotopic (exact) mass is 297 g/mol. The maximum atomic E-state index is 5.22. The van der Waals surface area contributed by atoms with E-state index in [1.54, 1.807) is 18.4 Å². The second-order valence-electron chi connectivity index (χ2n) is 3.27. The van der Waals surface area contributed by atoms with Crippen LogP contribution in [0, 0.1) is 0 Å². The Morgan fingerprint density at radius 3 is 2.69 bits per heavy atom. The lowest BCUT2D eigenvalue weighted by atomic mass is 10.3. The van der Waals surface area contributed by atoms with E-state index in [0.717, 1.165) is 21.8 Å². The number of nitrogens with one attached hydrogen (secondary N) is 1. The first-order valence-corrected chi connectivity index (χ1v) is 6.51. The molecule has 0 fully saturated rings. The minimum absolute atomic E-state index is 0.816. The Hall–Kier alpha value is -1.00. The summed E-state index contributed by atoms with van der Waals surface area (Å²) in [4.78, 5) is 1.24. The van der Waals surface area contributed by atoms with E-state index >= 15 is 0 Å². The first-order chi connectivity index (χ1) is 7.79. The Morgan fingerprint density at radius 2 is 2.06 bits per heavy atom. The van der Waals surface area contributed by atoms with Gasteiger partial charge in [-0.3, -0.25) is 0 Å². The van der Waals surface area contributed by atoms with Gasteiger partial charge in [-0.25, -0.2) is 0 Å². The van der Waals surface area contributed by atoms with Gasteiger partial charge in [-0.2, -0.15) is 0 Å². The summed E-state index contributed by atoms with van der Waals surface area (Å²) in [5.74, 6) is 0. The summed E-state index contributed by atoms with van der Waals surface area (Å²) in [5, 5.41) is 4.28. The summed E-state index contributed by atoms with van der Waals surface area (Å²) in [5.41, 5.74) is 1.13. The lowest BCUT2D eigenvalue weighted by Crippen LogP contribution is -1.96. The van der Waals surface area contributed by atoms with Crippen molar-refractivity contribution in [3.8, 4) is 5.06 Å². The number of thiophene rings is 1. The van der Waals surface area contributed by atoms with Crippen LogP contribution in [0.5, 0.6) is 5.06 Å². The molecule has 2 nitrogen and oxygen atoms in total. The molecule has 0 aliphatic carbocycles. The standard InChI is InChI=1S/C12H12BrNOS/c1-15-12-11(13)7-10(16-12)8-14-9-5-3-2-4-6-9/h2-7,14H,8H2,1H3. The number of anilines is 1. The predicted molar refractivity (Wildman–Crippen MR) is 72.3 cm³/mol. The second kappa shape index (κ2) is 5.37. The number of halogens is 1. The number of benzene rings is 1. The van der Waals surface area contributed by atoms with Gasteiger partial charge in [-0.15, -0.1) is 11.3 Å². The van der Waals surface area contributed by atoms with E-state index in [0.29, 0.717) is 0 Å². The molecular weight excluding hydrogens is 286 g/mol. The molecule has 1 aromatic carbocycles. The van der Waals surface area contributed by atoms with Crippen LogP contribution in [0.2, 0.25) is 0 Å². The average molecular weight is 298 g/mol. The van der Waals surface area contributed by atoms with Crippen molar-refractivity contribution in [2.75, 3.05) is 12.4 Å². The van der Waals surface area contributed by atoms with Gasteiger partial charge in [0.2, 0.25) is 0 Å². The van der Waals surface area contributed by atoms with Crippen molar-refractivity contribution in [2.45, 2.75) is 6.54 Å². The van der Waals surface area contributed by atoms with E-state index in [1.165, 1.54) is 4.88 Å². The number of hydrogen-bond acceptors (Lipinski definition) is 3. The fourth-order valence-electron chi connectivity index (χ4n) is 1.37. The van der Waals surface area contributed by atoms with Crippen LogP contribution in [0.4, 0.5) is 5.69 Å². The molecule has 0 radical (unpaired) electrons. The SMILES string of the molecule is COc1sc(CNc2ccccc2)cc1Br. The summed E-state index contributed by atoms with van der Waals surface area (Å²) in [6.07, 6.45) is 0. The average Bonchev–Trinajstić information content (AvgIpc) is 2.69. The third kappa shape index (κ3) is 2.77. The minimum Gasteiger partial charge on any atom is -0.486 e. The first kappa shape index (κ1) is 11.5. The zero-order chi connectivity index (χ0) is 11.4. The van der Waals surface area contributed by atoms with Crippen LogP contribution in [-0.4, -0.2) is 7.11 Å². The number of hydrogen-bond donors (Lipinski definition) is 1. The Labute approximate surface area is 107 Å². The van der Waals surface area contributed by atoms with E-state index in [-0.39, 0.29) is 0 Å². The highest BCUT2D eigenvalue weighted by Crippen LogP contribution is 2.34. The molecule has 0 aliphatic heterocycles. The molecule has 0 amide bonds. The molecular formula is C12H12BrNOS. The van der Waals surface area contributed by atoms with Gasteiger partial charge in [0, 0.05) is 17.1 Å². The summed E-state index contributed by atoms with van der Waals surface area (Å²) >= 11 is 5.11. The van der Waals surface area contributed by atoms with Crippen molar-refractivity contribution in [2.24, 2.45) is 0 Å². The van der Waals surface area contributed by atoms with Crippen LogP contribution in [0.1, 0.15) is 4.88 Å². The largest absolute Gasteiger partial charge is 0.486 e. The molecule has 0 saturated heterocycles. The van der Waals surface area contributed by atoms with Gasteiger partial charge < -0.3 is 10.1 Å². The van der Waals surface area contributed by atoms with Gasteiger partial charge in [0.05, 0.1) is 11.6 Å². The van der Waals surface area contributed by atoms with Crippen LogP contribution in [0.3, 0.4) is 0 Å². The molecule has 0 spiro atoms. The molecule has 0 aliphatic rings.